The molecule has 0 saturated heterocycles. The van der Waals surface area contributed by atoms with E-state index >= 15 is 0 Å². The minimum Gasteiger partial charge on any atom is -0.351 e. The fourth-order valence-corrected chi connectivity index (χ4v) is 6.47. The summed E-state index contributed by atoms with van der Waals surface area (Å²) >= 11 is 7.59. The SMILES string of the molecule is CC1(N2CCc3nc(C(=O)N[C@@H]4CCC[C@H]4NC(=O)c4cc5cc(Cl)ccc5[nH]4)sc3C2)CC1. The normalized spacial score (nSPS) is 23.6. The quantitative estimate of drug-likeness (QED) is 0.491. The van der Waals surface area contributed by atoms with Gasteiger partial charge in [-0.05, 0) is 63.3 Å². The summed E-state index contributed by atoms with van der Waals surface area (Å²) in [7, 11) is 0. The number of carbonyl (C=O) groups excluding carboxylic acids is 2. The fourth-order valence-electron chi connectivity index (χ4n) is 5.26. The van der Waals surface area contributed by atoms with Crippen molar-refractivity contribution >= 4 is 45.7 Å². The van der Waals surface area contributed by atoms with Gasteiger partial charge in [0.1, 0.15) is 5.69 Å². The van der Waals surface area contributed by atoms with E-state index in [2.05, 4.69) is 32.4 Å². The van der Waals surface area contributed by atoms with Crippen molar-refractivity contribution in [1.82, 2.24) is 25.5 Å². The van der Waals surface area contributed by atoms with Crippen LogP contribution in [0.4, 0.5) is 0 Å². The molecular formula is C25H28ClN5O2S. The highest BCUT2D eigenvalue weighted by Gasteiger charge is 2.44. The lowest BCUT2D eigenvalue weighted by Gasteiger charge is -2.31. The van der Waals surface area contributed by atoms with Gasteiger partial charge in [0, 0.05) is 57.9 Å². The van der Waals surface area contributed by atoms with Crippen LogP contribution in [0.5, 0.6) is 0 Å². The number of benzene rings is 1. The van der Waals surface area contributed by atoms with Crippen LogP contribution in [0.25, 0.3) is 10.9 Å². The molecule has 2 saturated carbocycles. The van der Waals surface area contributed by atoms with Crippen molar-refractivity contribution in [2.75, 3.05) is 6.54 Å². The number of aromatic nitrogens is 2. The van der Waals surface area contributed by atoms with Gasteiger partial charge in [-0.15, -0.1) is 11.3 Å². The van der Waals surface area contributed by atoms with Gasteiger partial charge in [0.25, 0.3) is 11.8 Å². The predicted octanol–water partition coefficient (Wildman–Crippen LogP) is 4.27. The second kappa shape index (κ2) is 8.36. The number of amides is 2. The van der Waals surface area contributed by atoms with Gasteiger partial charge in [0.05, 0.1) is 5.69 Å². The highest BCUT2D eigenvalue weighted by molar-refractivity contribution is 7.13. The second-order valence-corrected chi connectivity index (χ2v) is 11.6. The number of H-pyrrole nitrogens is 1. The second-order valence-electron chi connectivity index (χ2n) is 10.1. The lowest BCUT2D eigenvalue weighted by Crippen LogP contribution is -2.48. The van der Waals surface area contributed by atoms with E-state index in [1.807, 2.05) is 18.2 Å². The lowest BCUT2D eigenvalue weighted by molar-refractivity contribution is 0.0889. The standard InChI is InChI=1S/C25H28ClN5O2S/c1-25(8-9-25)31-10-7-19-21(13-31)34-24(30-19)23(33)29-18-4-2-3-17(18)28-22(32)20-12-14-11-15(26)5-6-16(14)27-20/h5-6,11-12,17-18,27H,2-4,7-10,13H2,1H3,(H,28,32)(H,29,33)/t17-,18-/m1/s1. The summed E-state index contributed by atoms with van der Waals surface area (Å²) < 4.78 is 0. The molecule has 0 radical (unpaired) electrons. The van der Waals surface area contributed by atoms with Crippen LogP contribution in [-0.2, 0) is 13.0 Å². The van der Waals surface area contributed by atoms with Crippen molar-refractivity contribution in [2.24, 2.45) is 0 Å². The molecule has 3 N–H and O–H groups in total. The first-order chi connectivity index (χ1) is 16.4. The van der Waals surface area contributed by atoms with Crippen LogP contribution in [-0.4, -0.2) is 50.8 Å². The van der Waals surface area contributed by atoms with Crippen LogP contribution in [0.15, 0.2) is 24.3 Å². The number of fused-ring (bicyclic) bond motifs is 2. The average molecular weight is 498 g/mol. The van der Waals surface area contributed by atoms with E-state index in [0.717, 1.165) is 55.4 Å². The molecule has 178 valence electrons. The van der Waals surface area contributed by atoms with Crippen LogP contribution in [0.3, 0.4) is 0 Å². The van der Waals surface area contributed by atoms with E-state index in [1.54, 1.807) is 6.07 Å². The monoisotopic (exact) mass is 497 g/mol. The van der Waals surface area contributed by atoms with Gasteiger partial charge in [0.15, 0.2) is 5.01 Å². The first-order valence-corrected chi connectivity index (χ1v) is 13.2. The zero-order valence-corrected chi connectivity index (χ0v) is 20.7. The number of aromatic amines is 1. The summed E-state index contributed by atoms with van der Waals surface area (Å²) in [5.74, 6) is -0.299. The molecule has 3 heterocycles. The minimum atomic E-state index is -0.170. The molecule has 2 amide bonds. The first kappa shape index (κ1) is 22.1. The van der Waals surface area contributed by atoms with E-state index in [9.17, 15) is 9.59 Å². The zero-order valence-electron chi connectivity index (χ0n) is 19.1. The molecule has 1 aliphatic heterocycles. The molecule has 1 aromatic carbocycles. The molecule has 2 aromatic heterocycles. The van der Waals surface area contributed by atoms with Gasteiger partial charge >= 0.3 is 0 Å². The van der Waals surface area contributed by atoms with Crippen LogP contribution in [0.1, 0.15) is 69.9 Å². The average Bonchev–Trinajstić information content (AvgIpc) is 3.18. The summed E-state index contributed by atoms with van der Waals surface area (Å²) in [5, 5.41) is 8.34. The smallest absolute Gasteiger partial charge is 0.280 e. The van der Waals surface area contributed by atoms with Crippen molar-refractivity contribution < 1.29 is 9.59 Å². The number of thiazole rings is 1. The number of halogens is 1. The molecule has 34 heavy (non-hydrogen) atoms. The Hall–Kier alpha value is -2.42. The predicted molar refractivity (Wildman–Crippen MR) is 134 cm³/mol. The number of hydrogen-bond acceptors (Lipinski definition) is 5. The van der Waals surface area contributed by atoms with Crippen molar-refractivity contribution in [3.63, 3.8) is 0 Å². The third kappa shape index (κ3) is 4.12. The number of rotatable bonds is 5. The maximum absolute atomic E-state index is 13.1. The van der Waals surface area contributed by atoms with Crippen molar-refractivity contribution in [3.05, 3.63) is 50.6 Å². The summed E-state index contributed by atoms with van der Waals surface area (Å²) in [4.78, 5) is 37.5. The Morgan fingerprint density at radius 2 is 1.94 bits per heavy atom. The molecule has 3 aliphatic rings. The molecule has 9 heteroatoms. The van der Waals surface area contributed by atoms with E-state index in [-0.39, 0.29) is 23.9 Å². The lowest BCUT2D eigenvalue weighted by atomic mass is 10.1. The van der Waals surface area contributed by atoms with Gasteiger partial charge in [-0.3, -0.25) is 14.5 Å². The van der Waals surface area contributed by atoms with Crippen molar-refractivity contribution in [1.29, 1.82) is 0 Å². The Kier molecular flexibility index (Phi) is 5.43. The summed E-state index contributed by atoms with van der Waals surface area (Å²) in [6.07, 6.45) is 6.07. The molecule has 2 fully saturated rings. The maximum Gasteiger partial charge on any atom is 0.280 e. The highest BCUT2D eigenvalue weighted by Crippen LogP contribution is 2.43. The molecule has 2 atom stereocenters. The van der Waals surface area contributed by atoms with Crippen LogP contribution >= 0.6 is 22.9 Å². The maximum atomic E-state index is 13.1. The molecule has 0 unspecified atom stereocenters. The first-order valence-electron chi connectivity index (χ1n) is 12.0. The topological polar surface area (TPSA) is 90.1 Å². The van der Waals surface area contributed by atoms with E-state index in [1.165, 1.54) is 29.1 Å². The van der Waals surface area contributed by atoms with Gasteiger partial charge in [-0.25, -0.2) is 4.98 Å². The van der Waals surface area contributed by atoms with E-state index in [0.29, 0.717) is 21.3 Å². The van der Waals surface area contributed by atoms with Gasteiger partial charge in [-0.2, -0.15) is 0 Å². The van der Waals surface area contributed by atoms with E-state index < -0.39 is 0 Å². The molecule has 0 spiro atoms. The molecule has 3 aromatic rings. The number of nitrogens with one attached hydrogen (secondary N) is 3. The molecule has 2 aliphatic carbocycles. The number of carbonyl (C=O) groups is 2. The molecule has 7 nitrogen and oxygen atoms in total. The van der Waals surface area contributed by atoms with Gasteiger partial charge < -0.3 is 15.6 Å². The number of hydrogen-bond donors (Lipinski definition) is 3. The van der Waals surface area contributed by atoms with Gasteiger partial charge in [0.2, 0.25) is 0 Å². The Morgan fingerprint density at radius 3 is 2.71 bits per heavy atom. The van der Waals surface area contributed by atoms with Crippen LogP contribution < -0.4 is 10.6 Å². The highest BCUT2D eigenvalue weighted by atomic mass is 35.5. The zero-order chi connectivity index (χ0) is 23.4. The molecule has 6 rings (SSSR count). The third-order valence-electron chi connectivity index (χ3n) is 7.64. The van der Waals surface area contributed by atoms with Crippen LogP contribution in [0, 0.1) is 0 Å². The van der Waals surface area contributed by atoms with Crippen LogP contribution in [0.2, 0.25) is 5.02 Å². The number of nitrogens with zero attached hydrogens (tertiary/aromatic N) is 2. The Balaban J connectivity index is 1.11. The molecular weight excluding hydrogens is 470 g/mol. The van der Waals surface area contributed by atoms with E-state index in [4.69, 9.17) is 11.6 Å². The minimum absolute atomic E-state index is 0.0990. The summed E-state index contributed by atoms with van der Waals surface area (Å²) in [6, 6.07) is 7.10. The fraction of sp³-hybridized carbons (Fsp3) is 0.480. The largest absolute Gasteiger partial charge is 0.351 e. The summed E-state index contributed by atoms with van der Waals surface area (Å²) in [5.41, 5.74) is 2.78. The molecule has 0 bridgehead atoms. The Bertz CT molecular complexity index is 1280. The van der Waals surface area contributed by atoms with Crippen molar-refractivity contribution in [3.8, 4) is 0 Å². The third-order valence-corrected chi connectivity index (χ3v) is 8.96. The van der Waals surface area contributed by atoms with Gasteiger partial charge in [-0.1, -0.05) is 11.6 Å². The Labute approximate surface area is 207 Å². The Morgan fingerprint density at radius 1 is 1.18 bits per heavy atom. The summed E-state index contributed by atoms with van der Waals surface area (Å²) in [6.45, 7) is 4.24. The van der Waals surface area contributed by atoms with Crippen molar-refractivity contribution in [2.45, 2.75) is 69.6 Å².